The largest absolute Gasteiger partial charge is 0.256 e. The molecule has 2 aromatic heterocycles. The molecule has 4 aromatic rings. The van der Waals surface area contributed by atoms with Crippen molar-refractivity contribution in [1.82, 2.24) is 15.2 Å². The van der Waals surface area contributed by atoms with Crippen molar-refractivity contribution in [2.45, 2.75) is 6.92 Å². The summed E-state index contributed by atoms with van der Waals surface area (Å²) in [6.07, 6.45) is 1.76. The van der Waals surface area contributed by atoms with Crippen molar-refractivity contribution >= 4 is 11.6 Å². The zero-order chi connectivity index (χ0) is 17.9. The van der Waals surface area contributed by atoms with E-state index in [0.29, 0.717) is 5.15 Å². The van der Waals surface area contributed by atoms with Crippen LogP contribution in [0.25, 0.3) is 33.6 Å². The van der Waals surface area contributed by atoms with Gasteiger partial charge in [-0.2, -0.15) is 0 Å². The van der Waals surface area contributed by atoms with Gasteiger partial charge in [-0.05, 0) is 30.2 Å². The zero-order valence-electron chi connectivity index (χ0n) is 14.2. The van der Waals surface area contributed by atoms with Crippen LogP contribution >= 0.6 is 11.6 Å². The smallest absolute Gasteiger partial charge is 0.161 e. The van der Waals surface area contributed by atoms with E-state index >= 15 is 0 Å². The number of hydrogen-bond donors (Lipinski definition) is 0. The normalized spacial score (nSPS) is 10.7. The summed E-state index contributed by atoms with van der Waals surface area (Å²) in [5.41, 5.74) is 6.52. The molecular formula is C22H16ClN3. The molecule has 26 heavy (non-hydrogen) atoms. The molecule has 0 atom stereocenters. The van der Waals surface area contributed by atoms with Crippen LogP contribution < -0.4 is 0 Å². The van der Waals surface area contributed by atoms with Crippen LogP contribution in [0.2, 0.25) is 5.15 Å². The maximum absolute atomic E-state index is 6.50. The number of aryl methyl sites for hydroxylation is 1. The highest BCUT2D eigenvalue weighted by atomic mass is 35.5. The minimum atomic E-state index is 0.347. The molecule has 0 saturated heterocycles. The molecule has 126 valence electrons. The first-order valence-electron chi connectivity index (χ1n) is 8.34. The van der Waals surface area contributed by atoms with Gasteiger partial charge in [-0.1, -0.05) is 72.3 Å². The molecule has 2 heterocycles. The number of nitrogens with zero attached hydrogens (tertiary/aromatic N) is 3. The second kappa shape index (κ2) is 7.06. The fourth-order valence-electron chi connectivity index (χ4n) is 3.07. The predicted molar refractivity (Wildman–Crippen MR) is 106 cm³/mol. The van der Waals surface area contributed by atoms with Crippen LogP contribution in [0.1, 0.15) is 5.56 Å². The maximum Gasteiger partial charge on any atom is 0.161 e. The Labute approximate surface area is 157 Å². The summed E-state index contributed by atoms with van der Waals surface area (Å²) in [7, 11) is 0. The van der Waals surface area contributed by atoms with Crippen LogP contribution in [0.3, 0.4) is 0 Å². The molecule has 0 amide bonds. The van der Waals surface area contributed by atoms with E-state index in [1.54, 1.807) is 6.20 Å². The molecule has 4 heteroatoms. The van der Waals surface area contributed by atoms with E-state index in [1.165, 1.54) is 0 Å². The van der Waals surface area contributed by atoms with E-state index in [-0.39, 0.29) is 0 Å². The summed E-state index contributed by atoms with van der Waals surface area (Å²) in [6, 6.07) is 24.0. The van der Waals surface area contributed by atoms with E-state index in [0.717, 1.165) is 39.2 Å². The lowest BCUT2D eigenvalue weighted by atomic mass is 9.92. The van der Waals surface area contributed by atoms with Gasteiger partial charge >= 0.3 is 0 Å². The van der Waals surface area contributed by atoms with Gasteiger partial charge in [0.15, 0.2) is 5.15 Å². The van der Waals surface area contributed by atoms with E-state index in [9.17, 15) is 0 Å². The van der Waals surface area contributed by atoms with Gasteiger partial charge in [-0.3, -0.25) is 4.98 Å². The second-order valence-electron chi connectivity index (χ2n) is 5.99. The Hall–Kier alpha value is -3.04. The molecule has 0 radical (unpaired) electrons. The molecule has 0 aliphatic heterocycles. The topological polar surface area (TPSA) is 38.7 Å². The third-order valence-corrected chi connectivity index (χ3v) is 4.58. The summed E-state index contributed by atoms with van der Waals surface area (Å²) in [5.74, 6) is 0. The number of rotatable bonds is 3. The number of benzene rings is 2. The first-order valence-corrected chi connectivity index (χ1v) is 8.72. The Balaban J connectivity index is 2.10. The second-order valence-corrected chi connectivity index (χ2v) is 6.34. The van der Waals surface area contributed by atoms with Gasteiger partial charge in [0.1, 0.15) is 5.69 Å². The highest BCUT2D eigenvalue weighted by molar-refractivity contribution is 6.33. The van der Waals surface area contributed by atoms with Gasteiger partial charge in [-0.25, -0.2) is 0 Å². The lowest BCUT2D eigenvalue weighted by Crippen LogP contribution is -2.00. The number of pyridine rings is 1. The van der Waals surface area contributed by atoms with E-state index in [1.807, 2.05) is 48.5 Å². The minimum absolute atomic E-state index is 0.347. The molecule has 0 bridgehead atoms. The zero-order valence-corrected chi connectivity index (χ0v) is 15.0. The Kier molecular flexibility index (Phi) is 4.46. The standard InChI is InChI=1S/C22H16ClN3/c1-15-9-5-6-12-17(15)21-19(16-10-3-2-4-11-16)20(22(23)26-25-21)18-13-7-8-14-24-18/h2-14H,1H3. The Bertz CT molecular complexity index is 1050. The molecule has 0 fully saturated rings. The summed E-state index contributed by atoms with van der Waals surface area (Å²) < 4.78 is 0. The van der Waals surface area contributed by atoms with Crippen molar-refractivity contribution in [1.29, 1.82) is 0 Å². The van der Waals surface area contributed by atoms with Crippen LogP contribution in [-0.4, -0.2) is 15.2 Å². The highest BCUT2D eigenvalue weighted by Gasteiger charge is 2.21. The van der Waals surface area contributed by atoms with Crippen LogP contribution in [0, 0.1) is 6.92 Å². The average Bonchev–Trinajstić information content (AvgIpc) is 2.70. The molecule has 2 aromatic carbocycles. The average molecular weight is 358 g/mol. The van der Waals surface area contributed by atoms with Gasteiger partial charge in [-0.15, -0.1) is 10.2 Å². The predicted octanol–water partition coefficient (Wildman–Crippen LogP) is 5.83. The third kappa shape index (κ3) is 2.98. The molecule has 4 rings (SSSR count). The summed E-state index contributed by atoms with van der Waals surface area (Å²) in [5, 5.41) is 9.04. The number of halogens is 1. The molecule has 0 aliphatic carbocycles. The monoisotopic (exact) mass is 357 g/mol. The molecule has 0 spiro atoms. The minimum Gasteiger partial charge on any atom is -0.256 e. The highest BCUT2D eigenvalue weighted by Crippen LogP contribution is 2.41. The molecule has 0 saturated carbocycles. The lowest BCUT2D eigenvalue weighted by Gasteiger charge is -2.16. The van der Waals surface area contributed by atoms with E-state index in [2.05, 4.69) is 46.4 Å². The molecule has 0 N–H and O–H groups in total. The molecule has 3 nitrogen and oxygen atoms in total. The van der Waals surface area contributed by atoms with E-state index < -0.39 is 0 Å². The summed E-state index contributed by atoms with van der Waals surface area (Å²) in [4.78, 5) is 4.50. The van der Waals surface area contributed by atoms with Crippen LogP contribution in [-0.2, 0) is 0 Å². The van der Waals surface area contributed by atoms with Crippen LogP contribution in [0.5, 0.6) is 0 Å². The molecule has 0 unspecified atom stereocenters. The lowest BCUT2D eigenvalue weighted by molar-refractivity contribution is 1.04. The van der Waals surface area contributed by atoms with Crippen molar-refractivity contribution in [2.75, 3.05) is 0 Å². The first kappa shape index (κ1) is 16.4. The fourth-order valence-corrected chi connectivity index (χ4v) is 3.30. The van der Waals surface area contributed by atoms with E-state index in [4.69, 9.17) is 11.6 Å². The quantitative estimate of drug-likeness (QED) is 0.462. The van der Waals surface area contributed by atoms with Crippen molar-refractivity contribution in [2.24, 2.45) is 0 Å². The van der Waals surface area contributed by atoms with Crippen molar-refractivity contribution in [3.63, 3.8) is 0 Å². The van der Waals surface area contributed by atoms with Gasteiger partial charge in [0.2, 0.25) is 0 Å². The fraction of sp³-hybridized carbons (Fsp3) is 0.0455. The number of hydrogen-bond acceptors (Lipinski definition) is 3. The Morgan fingerprint density at radius 3 is 2.19 bits per heavy atom. The van der Waals surface area contributed by atoms with Crippen molar-refractivity contribution in [3.05, 3.63) is 89.7 Å². The third-order valence-electron chi connectivity index (χ3n) is 4.31. The van der Waals surface area contributed by atoms with Crippen LogP contribution in [0.15, 0.2) is 79.0 Å². The molecule has 0 aliphatic rings. The Morgan fingerprint density at radius 1 is 0.731 bits per heavy atom. The van der Waals surface area contributed by atoms with Gasteiger partial charge in [0, 0.05) is 22.9 Å². The van der Waals surface area contributed by atoms with Gasteiger partial charge in [0.25, 0.3) is 0 Å². The summed E-state index contributed by atoms with van der Waals surface area (Å²) in [6.45, 7) is 2.07. The molecular weight excluding hydrogens is 342 g/mol. The number of aromatic nitrogens is 3. The first-order chi connectivity index (χ1) is 12.8. The van der Waals surface area contributed by atoms with Crippen molar-refractivity contribution in [3.8, 4) is 33.6 Å². The van der Waals surface area contributed by atoms with Gasteiger partial charge in [0.05, 0.1) is 5.69 Å². The van der Waals surface area contributed by atoms with Gasteiger partial charge < -0.3 is 0 Å². The SMILES string of the molecule is Cc1ccccc1-c1nnc(Cl)c(-c2ccccn2)c1-c1ccccc1. The van der Waals surface area contributed by atoms with Crippen molar-refractivity contribution < 1.29 is 0 Å². The maximum atomic E-state index is 6.50. The van der Waals surface area contributed by atoms with Crippen LogP contribution in [0.4, 0.5) is 0 Å². The summed E-state index contributed by atoms with van der Waals surface area (Å²) >= 11 is 6.50. The Morgan fingerprint density at radius 2 is 1.46 bits per heavy atom.